The molecule has 0 aliphatic carbocycles. The molecule has 0 fully saturated rings. The van der Waals surface area contributed by atoms with Gasteiger partial charge >= 0.3 is 0 Å². The van der Waals surface area contributed by atoms with Crippen LogP contribution in [0.3, 0.4) is 0 Å². The van der Waals surface area contributed by atoms with E-state index in [0.29, 0.717) is 13.0 Å². The monoisotopic (exact) mass is 341 g/mol. The van der Waals surface area contributed by atoms with Crippen molar-refractivity contribution in [1.82, 2.24) is 5.32 Å². The van der Waals surface area contributed by atoms with Crippen LogP contribution in [0.15, 0.2) is 28.7 Å². The van der Waals surface area contributed by atoms with Crippen molar-refractivity contribution >= 4 is 27.9 Å². The molecule has 0 aliphatic heterocycles. The molecule has 1 aromatic carbocycles. The standard InChI is InChI=1S/C15H20BrNO3/c1-11-3-4-12(14(16)9-11)5-6-15(19)17-8-7-13(18)10-20-2/h3-6,9,13,18H,7-8,10H2,1-2H3,(H,17,19)/b6-5+. The fourth-order valence-electron chi connectivity index (χ4n) is 1.63. The van der Waals surface area contributed by atoms with Crippen LogP contribution in [0.5, 0.6) is 0 Å². The van der Waals surface area contributed by atoms with Crippen LogP contribution in [-0.4, -0.2) is 37.4 Å². The average molecular weight is 342 g/mol. The second-order valence-electron chi connectivity index (χ2n) is 4.55. The summed E-state index contributed by atoms with van der Waals surface area (Å²) in [6.07, 6.45) is 3.17. The molecule has 0 heterocycles. The van der Waals surface area contributed by atoms with Crippen molar-refractivity contribution in [2.24, 2.45) is 0 Å². The Bertz CT molecular complexity index is 474. The largest absolute Gasteiger partial charge is 0.391 e. The van der Waals surface area contributed by atoms with E-state index in [0.717, 1.165) is 15.6 Å². The highest BCUT2D eigenvalue weighted by molar-refractivity contribution is 9.10. The summed E-state index contributed by atoms with van der Waals surface area (Å²) in [5, 5.41) is 12.1. The van der Waals surface area contributed by atoms with Crippen LogP contribution < -0.4 is 5.32 Å². The normalized spacial score (nSPS) is 12.6. The van der Waals surface area contributed by atoms with Gasteiger partial charge in [0.05, 0.1) is 12.7 Å². The third-order valence-electron chi connectivity index (χ3n) is 2.71. The number of amides is 1. The molecule has 1 rings (SSSR count). The third-order valence-corrected chi connectivity index (χ3v) is 3.39. The molecule has 0 aliphatic rings. The number of carbonyl (C=O) groups excluding carboxylic acids is 1. The lowest BCUT2D eigenvalue weighted by Gasteiger charge is -2.08. The van der Waals surface area contributed by atoms with E-state index in [9.17, 15) is 9.90 Å². The zero-order chi connectivity index (χ0) is 15.0. The molecule has 1 unspecified atom stereocenters. The molecule has 0 spiro atoms. The molecule has 2 N–H and O–H groups in total. The van der Waals surface area contributed by atoms with Crippen LogP contribution in [0, 0.1) is 6.92 Å². The fourth-order valence-corrected chi connectivity index (χ4v) is 2.25. The molecular weight excluding hydrogens is 322 g/mol. The number of ether oxygens (including phenoxy) is 1. The molecule has 0 radical (unpaired) electrons. The number of aliphatic hydroxyl groups excluding tert-OH is 1. The minimum Gasteiger partial charge on any atom is -0.391 e. The van der Waals surface area contributed by atoms with Crippen LogP contribution in [-0.2, 0) is 9.53 Å². The summed E-state index contributed by atoms with van der Waals surface area (Å²) in [6.45, 7) is 2.71. The van der Waals surface area contributed by atoms with Crippen molar-refractivity contribution in [2.45, 2.75) is 19.4 Å². The molecule has 0 saturated heterocycles. The first-order valence-corrected chi connectivity index (χ1v) is 7.21. The van der Waals surface area contributed by atoms with Gasteiger partial charge in [0.1, 0.15) is 0 Å². The molecule has 0 bridgehead atoms. The summed E-state index contributed by atoms with van der Waals surface area (Å²) in [7, 11) is 1.53. The Labute approximate surface area is 128 Å². The lowest BCUT2D eigenvalue weighted by Crippen LogP contribution is -2.27. The maximum atomic E-state index is 11.6. The number of aliphatic hydroxyl groups is 1. The van der Waals surface area contributed by atoms with Gasteiger partial charge in [-0.25, -0.2) is 0 Å². The van der Waals surface area contributed by atoms with Gasteiger partial charge in [-0.15, -0.1) is 0 Å². The zero-order valence-corrected chi connectivity index (χ0v) is 13.3. The van der Waals surface area contributed by atoms with E-state index < -0.39 is 6.10 Å². The molecule has 20 heavy (non-hydrogen) atoms. The molecule has 4 nitrogen and oxygen atoms in total. The number of carbonyl (C=O) groups is 1. The van der Waals surface area contributed by atoms with Gasteiger partial charge in [0.15, 0.2) is 0 Å². The van der Waals surface area contributed by atoms with E-state index in [2.05, 4.69) is 21.2 Å². The van der Waals surface area contributed by atoms with Gasteiger partial charge in [0.2, 0.25) is 5.91 Å². The van der Waals surface area contributed by atoms with E-state index in [-0.39, 0.29) is 12.5 Å². The Morgan fingerprint density at radius 3 is 2.95 bits per heavy atom. The number of halogens is 1. The van der Waals surface area contributed by atoms with Gasteiger partial charge in [-0.3, -0.25) is 4.79 Å². The first-order chi connectivity index (χ1) is 9.52. The highest BCUT2D eigenvalue weighted by Crippen LogP contribution is 2.19. The van der Waals surface area contributed by atoms with E-state index in [1.807, 2.05) is 25.1 Å². The number of rotatable bonds is 7. The molecule has 5 heteroatoms. The second-order valence-corrected chi connectivity index (χ2v) is 5.40. The maximum absolute atomic E-state index is 11.6. The van der Waals surface area contributed by atoms with E-state index in [1.165, 1.54) is 13.2 Å². The molecule has 1 aromatic rings. The van der Waals surface area contributed by atoms with Crippen LogP contribution in [0.25, 0.3) is 6.08 Å². The Balaban J connectivity index is 2.40. The Morgan fingerprint density at radius 2 is 2.30 bits per heavy atom. The van der Waals surface area contributed by atoms with E-state index in [4.69, 9.17) is 4.74 Å². The highest BCUT2D eigenvalue weighted by atomic mass is 79.9. The van der Waals surface area contributed by atoms with Gasteiger partial charge < -0.3 is 15.2 Å². The van der Waals surface area contributed by atoms with Gasteiger partial charge in [-0.05, 0) is 36.6 Å². The molecule has 0 saturated carbocycles. The number of hydrogen-bond acceptors (Lipinski definition) is 3. The Hall–Kier alpha value is -1.17. The maximum Gasteiger partial charge on any atom is 0.244 e. The predicted molar refractivity (Wildman–Crippen MR) is 83.4 cm³/mol. The van der Waals surface area contributed by atoms with Crippen molar-refractivity contribution < 1.29 is 14.6 Å². The number of methoxy groups -OCH3 is 1. The number of nitrogens with one attached hydrogen (secondary N) is 1. The van der Waals surface area contributed by atoms with Crippen molar-refractivity contribution in [3.05, 3.63) is 39.9 Å². The minimum atomic E-state index is -0.546. The smallest absolute Gasteiger partial charge is 0.244 e. The SMILES string of the molecule is COCC(O)CCNC(=O)/C=C/c1ccc(C)cc1Br. The van der Waals surface area contributed by atoms with E-state index >= 15 is 0 Å². The first kappa shape index (κ1) is 16.9. The first-order valence-electron chi connectivity index (χ1n) is 6.42. The summed E-state index contributed by atoms with van der Waals surface area (Å²) < 4.78 is 5.76. The number of aryl methyl sites for hydroxylation is 1. The summed E-state index contributed by atoms with van der Waals surface area (Å²) in [6, 6.07) is 5.94. The average Bonchev–Trinajstić information content (AvgIpc) is 2.38. The number of benzene rings is 1. The van der Waals surface area contributed by atoms with Crippen LogP contribution in [0.2, 0.25) is 0 Å². The lowest BCUT2D eigenvalue weighted by molar-refractivity contribution is -0.116. The molecular formula is C15H20BrNO3. The van der Waals surface area contributed by atoms with Gasteiger partial charge in [0.25, 0.3) is 0 Å². The van der Waals surface area contributed by atoms with Gasteiger partial charge in [0, 0.05) is 24.2 Å². The zero-order valence-electron chi connectivity index (χ0n) is 11.7. The van der Waals surface area contributed by atoms with Crippen molar-refractivity contribution in [1.29, 1.82) is 0 Å². The molecule has 110 valence electrons. The summed E-state index contributed by atoms with van der Waals surface area (Å²) in [5.41, 5.74) is 2.11. The summed E-state index contributed by atoms with van der Waals surface area (Å²) in [4.78, 5) is 11.6. The molecule has 1 atom stereocenters. The van der Waals surface area contributed by atoms with Gasteiger partial charge in [-0.1, -0.05) is 28.1 Å². The van der Waals surface area contributed by atoms with Crippen molar-refractivity contribution in [3.8, 4) is 0 Å². The molecule has 1 amide bonds. The number of hydrogen-bond donors (Lipinski definition) is 2. The van der Waals surface area contributed by atoms with Crippen LogP contribution >= 0.6 is 15.9 Å². The lowest BCUT2D eigenvalue weighted by atomic mass is 10.1. The minimum absolute atomic E-state index is 0.179. The van der Waals surface area contributed by atoms with Crippen molar-refractivity contribution in [2.75, 3.05) is 20.3 Å². The van der Waals surface area contributed by atoms with E-state index in [1.54, 1.807) is 6.08 Å². The second kappa shape index (κ2) is 8.89. The fraction of sp³-hybridized carbons (Fsp3) is 0.400. The summed E-state index contributed by atoms with van der Waals surface area (Å²) in [5.74, 6) is -0.179. The van der Waals surface area contributed by atoms with Crippen LogP contribution in [0.1, 0.15) is 17.5 Å². The third kappa shape index (κ3) is 6.32. The van der Waals surface area contributed by atoms with Crippen molar-refractivity contribution in [3.63, 3.8) is 0 Å². The predicted octanol–water partition coefficient (Wildman–Crippen LogP) is 2.28. The van der Waals surface area contributed by atoms with Gasteiger partial charge in [-0.2, -0.15) is 0 Å². The summed E-state index contributed by atoms with van der Waals surface area (Å²) >= 11 is 3.46. The van der Waals surface area contributed by atoms with Crippen LogP contribution in [0.4, 0.5) is 0 Å². The Kier molecular flexibility index (Phi) is 7.51. The highest BCUT2D eigenvalue weighted by Gasteiger charge is 2.03. The topological polar surface area (TPSA) is 58.6 Å². The Morgan fingerprint density at radius 1 is 1.55 bits per heavy atom. The quantitative estimate of drug-likeness (QED) is 0.748. The molecule has 0 aromatic heterocycles.